The number of nitro groups is 1. The second-order valence-corrected chi connectivity index (χ2v) is 6.47. The van der Waals surface area contributed by atoms with Gasteiger partial charge in [0.05, 0.1) is 12.0 Å². The van der Waals surface area contributed by atoms with Crippen LogP contribution in [0.2, 0.25) is 0 Å². The Morgan fingerprint density at radius 1 is 1.25 bits per heavy atom. The van der Waals surface area contributed by atoms with Crippen LogP contribution in [0.3, 0.4) is 0 Å². The number of allylic oxidation sites excluding steroid dienone is 1. The third kappa shape index (κ3) is 2.50. The van der Waals surface area contributed by atoms with E-state index in [1.54, 1.807) is 7.05 Å². The van der Waals surface area contributed by atoms with E-state index in [4.69, 9.17) is 0 Å². The Balaban J connectivity index is 1.93. The number of rotatable bonds is 5. The normalized spacial score (nSPS) is 24.5. The van der Waals surface area contributed by atoms with E-state index >= 15 is 0 Å². The number of imide groups is 1. The topological polar surface area (TPSA) is 80.5 Å². The largest absolute Gasteiger partial charge is 0.431 e. The van der Waals surface area contributed by atoms with Crippen molar-refractivity contribution in [2.24, 2.45) is 0 Å². The van der Waals surface area contributed by atoms with Gasteiger partial charge in [-0.25, -0.2) is 14.2 Å². The molecule has 1 heterocycles. The summed E-state index contributed by atoms with van der Waals surface area (Å²) in [6.45, 7) is 1.67. The number of hydrogen-bond donors (Lipinski definition) is 0. The monoisotopic (exact) mass is 330 g/mol. The zero-order valence-electron chi connectivity index (χ0n) is 13.8. The highest BCUT2D eigenvalue weighted by Gasteiger charge is 2.60. The van der Waals surface area contributed by atoms with E-state index in [1.807, 2.05) is 30.3 Å². The zero-order chi connectivity index (χ0) is 17.5. The standard InChI is InChI=1S/C17H20N3O4/c1-12-15(19(23)24)16(21)18(11-10-13-6-4-3-5-7-13)17(22)20(12,2)14-8-9-14/h3-7,14H,8-11H2,1-2H3/q+1. The van der Waals surface area contributed by atoms with Gasteiger partial charge in [-0.05, 0) is 12.0 Å². The molecule has 1 fully saturated rings. The molecule has 1 aliphatic carbocycles. The lowest BCUT2D eigenvalue weighted by atomic mass is 10.1. The van der Waals surface area contributed by atoms with Crippen molar-refractivity contribution in [3.05, 3.63) is 57.4 Å². The van der Waals surface area contributed by atoms with Gasteiger partial charge < -0.3 is 0 Å². The van der Waals surface area contributed by atoms with Crippen LogP contribution in [-0.4, -0.2) is 45.9 Å². The fourth-order valence-electron chi connectivity index (χ4n) is 3.30. The first kappa shape index (κ1) is 16.3. The lowest BCUT2D eigenvalue weighted by molar-refractivity contribution is -0.810. The summed E-state index contributed by atoms with van der Waals surface area (Å²) >= 11 is 0. The van der Waals surface area contributed by atoms with Crippen LogP contribution in [0.4, 0.5) is 4.79 Å². The summed E-state index contributed by atoms with van der Waals surface area (Å²) in [5, 5.41) is 11.4. The molecule has 3 amide bonds. The van der Waals surface area contributed by atoms with Crippen molar-refractivity contribution in [1.82, 2.24) is 4.90 Å². The Hall–Kier alpha value is -2.54. The van der Waals surface area contributed by atoms with E-state index < -0.39 is 16.5 Å². The molecule has 1 aromatic rings. The molecule has 0 spiro atoms. The Bertz CT molecular complexity index is 739. The molecule has 1 saturated carbocycles. The van der Waals surface area contributed by atoms with E-state index in [1.165, 1.54) is 6.92 Å². The predicted molar refractivity (Wildman–Crippen MR) is 86.2 cm³/mol. The Labute approximate surface area is 139 Å². The molecule has 2 aliphatic rings. The Morgan fingerprint density at radius 2 is 1.88 bits per heavy atom. The molecule has 1 atom stereocenters. The van der Waals surface area contributed by atoms with Crippen LogP contribution >= 0.6 is 0 Å². The summed E-state index contributed by atoms with van der Waals surface area (Å²) < 4.78 is -0.156. The molecular weight excluding hydrogens is 310 g/mol. The lowest BCUT2D eigenvalue weighted by Gasteiger charge is -2.37. The SMILES string of the molecule is CC1=C([N+](=O)[O-])C(=O)N(CCc2ccccc2)C(=O)[N+]1(C)C1CC1. The minimum absolute atomic E-state index is 0.0276. The third-order valence-electron chi connectivity index (χ3n) is 5.04. The van der Waals surface area contributed by atoms with Gasteiger partial charge in [-0.2, -0.15) is 0 Å². The van der Waals surface area contributed by atoms with Crippen LogP contribution in [0, 0.1) is 10.1 Å². The van der Waals surface area contributed by atoms with Gasteiger partial charge in [0.1, 0.15) is 6.04 Å². The molecule has 0 bridgehead atoms. The number of carbonyl (C=O) groups is 2. The number of amides is 3. The second kappa shape index (κ2) is 5.83. The average molecular weight is 330 g/mol. The summed E-state index contributed by atoms with van der Waals surface area (Å²) in [6, 6.07) is 9.13. The molecule has 0 saturated heterocycles. The second-order valence-electron chi connectivity index (χ2n) is 6.47. The van der Waals surface area contributed by atoms with E-state index in [0.29, 0.717) is 6.42 Å². The van der Waals surface area contributed by atoms with Crippen LogP contribution in [0.15, 0.2) is 41.7 Å². The highest BCUT2D eigenvalue weighted by Crippen LogP contribution is 2.41. The predicted octanol–water partition coefficient (Wildman–Crippen LogP) is 2.31. The minimum atomic E-state index is -0.797. The van der Waals surface area contributed by atoms with Crippen molar-refractivity contribution in [2.45, 2.75) is 32.2 Å². The molecule has 3 rings (SSSR count). The number of quaternary nitrogens is 1. The highest BCUT2D eigenvalue weighted by atomic mass is 16.6. The number of hydrogen-bond acceptors (Lipinski definition) is 4. The first-order valence-electron chi connectivity index (χ1n) is 7.99. The van der Waals surface area contributed by atoms with E-state index in [0.717, 1.165) is 23.3 Å². The molecule has 7 nitrogen and oxygen atoms in total. The number of benzene rings is 1. The van der Waals surface area contributed by atoms with Crippen molar-refractivity contribution >= 4 is 11.9 Å². The highest BCUT2D eigenvalue weighted by molar-refractivity contribution is 6.03. The van der Waals surface area contributed by atoms with Gasteiger partial charge in [0.15, 0.2) is 5.70 Å². The maximum Gasteiger partial charge on any atom is 0.431 e. The molecule has 1 unspecified atom stereocenters. The van der Waals surface area contributed by atoms with Crippen LogP contribution < -0.4 is 0 Å². The van der Waals surface area contributed by atoms with Crippen molar-refractivity contribution in [3.8, 4) is 0 Å². The molecule has 1 aliphatic heterocycles. The number of nitrogens with zero attached hydrogens (tertiary/aromatic N) is 3. The van der Waals surface area contributed by atoms with Crippen LogP contribution in [0.1, 0.15) is 25.3 Å². The quantitative estimate of drug-likeness (QED) is 0.471. The first-order valence-corrected chi connectivity index (χ1v) is 7.99. The van der Waals surface area contributed by atoms with E-state index in [2.05, 4.69) is 0 Å². The van der Waals surface area contributed by atoms with Gasteiger partial charge in [0.2, 0.25) is 0 Å². The van der Waals surface area contributed by atoms with Gasteiger partial charge in [-0.15, -0.1) is 0 Å². The van der Waals surface area contributed by atoms with Gasteiger partial charge in [-0.1, -0.05) is 30.3 Å². The third-order valence-corrected chi connectivity index (χ3v) is 5.04. The van der Waals surface area contributed by atoms with Gasteiger partial charge in [-0.3, -0.25) is 14.9 Å². The zero-order valence-corrected chi connectivity index (χ0v) is 13.8. The van der Waals surface area contributed by atoms with Gasteiger partial charge in [0.25, 0.3) is 0 Å². The Morgan fingerprint density at radius 3 is 2.42 bits per heavy atom. The van der Waals surface area contributed by atoms with E-state index in [-0.39, 0.29) is 28.8 Å². The number of carbonyl (C=O) groups excluding carboxylic acids is 2. The molecule has 0 N–H and O–H groups in total. The van der Waals surface area contributed by atoms with Crippen molar-refractivity contribution in [1.29, 1.82) is 0 Å². The van der Waals surface area contributed by atoms with Crippen molar-refractivity contribution in [2.75, 3.05) is 13.6 Å². The maximum atomic E-state index is 13.0. The fourth-order valence-corrected chi connectivity index (χ4v) is 3.30. The maximum absolute atomic E-state index is 13.0. The molecule has 1 aromatic carbocycles. The molecule has 0 aromatic heterocycles. The molecule has 126 valence electrons. The van der Waals surface area contributed by atoms with Crippen molar-refractivity contribution in [3.63, 3.8) is 0 Å². The van der Waals surface area contributed by atoms with Crippen LogP contribution in [0.25, 0.3) is 0 Å². The van der Waals surface area contributed by atoms with Crippen molar-refractivity contribution < 1.29 is 19.0 Å². The molecular formula is C17H20N3O4+. The summed E-state index contributed by atoms with van der Waals surface area (Å²) in [4.78, 5) is 37.3. The summed E-state index contributed by atoms with van der Waals surface area (Å²) in [5.41, 5.74) is 0.762. The van der Waals surface area contributed by atoms with Gasteiger partial charge in [0, 0.05) is 26.3 Å². The minimum Gasteiger partial charge on any atom is -0.261 e. The Kier molecular flexibility index (Phi) is 3.96. The fraction of sp³-hybridized carbons (Fsp3) is 0.412. The smallest absolute Gasteiger partial charge is 0.261 e. The molecule has 0 radical (unpaired) electrons. The lowest BCUT2D eigenvalue weighted by Crippen LogP contribution is -2.62. The summed E-state index contributed by atoms with van der Waals surface area (Å²) in [7, 11) is 1.68. The van der Waals surface area contributed by atoms with Crippen LogP contribution in [-0.2, 0) is 11.2 Å². The molecule has 7 heteroatoms. The molecule has 24 heavy (non-hydrogen) atoms. The van der Waals surface area contributed by atoms with Gasteiger partial charge >= 0.3 is 17.6 Å². The number of urea groups is 1. The van der Waals surface area contributed by atoms with Crippen LogP contribution in [0.5, 0.6) is 0 Å². The summed E-state index contributed by atoms with van der Waals surface area (Å²) in [6.07, 6.45) is 2.16. The summed E-state index contributed by atoms with van der Waals surface area (Å²) in [5.74, 6) is -0.797. The average Bonchev–Trinajstić information content (AvgIpc) is 3.39. The van der Waals surface area contributed by atoms with E-state index in [9.17, 15) is 19.7 Å². The first-order chi connectivity index (χ1) is 11.4.